The highest BCUT2D eigenvalue weighted by Gasteiger charge is 2.16. The second-order valence-electron chi connectivity index (χ2n) is 7.01. The van der Waals surface area contributed by atoms with E-state index in [1.807, 2.05) is 24.3 Å². The normalized spacial score (nSPS) is 14.3. The molecule has 0 aliphatic heterocycles. The fourth-order valence-corrected chi connectivity index (χ4v) is 2.44. The number of carbonyl (C=O) groups is 2. The fourth-order valence-electron chi connectivity index (χ4n) is 2.44. The van der Waals surface area contributed by atoms with Gasteiger partial charge in [0.2, 0.25) is 0 Å². The Morgan fingerprint density at radius 1 is 1.15 bits per heavy atom. The predicted molar refractivity (Wildman–Crippen MR) is 102 cm³/mol. The summed E-state index contributed by atoms with van der Waals surface area (Å²) in [6.45, 7) is 5.34. The van der Waals surface area contributed by atoms with Gasteiger partial charge in [0.15, 0.2) is 6.79 Å². The van der Waals surface area contributed by atoms with E-state index < -0.39 is 17.7 Å². The fraction of sp³-hybridized carbons (Fsp3) is 0.524. The van der Waals surface area contributed by atoms with E-state index in [-0.39, 0.29) is 31.2 Å². The lowest BCUT2D eigenvalue weighted by molar-refractivity contribution is -0.201. The summed E-state index contributed by atoms with van der Waals surface area (Å²) in [4.78, 5) is 28.6. The highest BCUT2D eigenvalue weighted by molar-refractivity contribution is 5.84. The molecular formula is C21H30FNO4. The van der Waals surface area contributed by atoms with Gasteiger partial charge >= 0.3 is 0 Å². The number of hydrogen-bond acceptors (Lipinski definition) is 5. The maximum atomic E-state index is 14.1. The first-order valence-electron chi connectivity index (χ1n) is 9.04. The lowest BCUT2D eigenvalue weighted by Gasteiger charge is -2.11. The second kappa shape index (κ2) is 11.7. The maximum absolute atomic E-state index is 14.1. The van der Waals surface area contributed by atoms with Crippen molar-refractivity contribution in [2.24, 2.45) is 11.8 Å². The first-order chi connectivity index (χ1) is 12.7. The zero-order valence-corrected chi connectivity index (χ0v) is 16.8. The van der Waals surface area contributed by atoms with Gasteiger partial charge in [-0.2, -0.15) is 5.06 Å². The molecule has 0 heterocycles. The largest absolute Gasteiger partial charge is 0.349 e. The van der Waals surface area contributed by atoms with Gasteiger partial charge in [-0.15, -0.1) is 0 Å². The number of allylic oxidation sites excluding steroid dienone is 2. The molecule has 0 aliphatic carbocycles. The van der Waals surface area contributed by atoms with Crippen LogP contribution in [-0.4, -0.2) is 37.5 Å². The molecule has 1 aromatic carbocycles. The third kappa shape index (κ3) is 9.56. The van der Waals surface area contributed by atoms with Crippen molar-refractivity contribution in [3.63, 3.8) is 0 Å². The van der Waals surface area contributed by atoms with Gasteiger partial charge in [-0.3, -0.25) is 9.63 Å². The van der Waals surface area contributed by atoms with E-state index in [0.717, 1.165) is 11.1 Å². The molecule has 0 fully saturated rings. The van der Waals surface area contributed by atoms with Crippen molar-refractivity contribution in [2.75, 3.05) is 20.9 Å². The zero-order chi connectivity index (χ0) is 20.4. The first kappa shape index (κ1) is 23.1. The quantitative estimate of drug-likeness (QED) is 0.313. The van der Waals surface area contributed by atoms with Crippen molar-refractivity contribution >= 4 is 11.6 Å². The van der Waals surface area contributed by atoms with Gasteiger partial charge < -0.3 is 9.53 Å². The molecule has 0 unspecified atom stereocenters. The van der Waals surface area contributed by atoms with E-state index in [4.69, 9.17) is 9.57 Å². The van der Waals surface area contributed by atoms with Crippen molar-refractivity contribution in [3.8, 4) is 0 Å². The van der Waals surface area contributed by atoms with E-state index in [1.54, 1.807) is 33.0 Å². The second-order valence-corrected chi connectivity index (χ2v) is 7.01. The van der Waals surface area contributed by atoms with Crippen LogP contribution in [0, 0.1) is 11.8 Å². The number of hydrogen-bond donors (Lipinski definition) is 0. The summed E-state index contributed by atoms with van der Waals surface area (Å²) >= 11 is 0. The number of Topliss-reactive ketones (excluding diaryl/α,β-unsaturated/α-hetero) is 2. The van der Waals surface area contributed by atoms with Gasteiger partial charge in [-0.25, -0.2) is 4.39 Å². The van der Waals surface area contributed by atoms with Crippen molar-refractivity contribution in [2.45, 2.75) is 40.2 Å². The summed E-state index contributed by atoms with van der Waals surface area (Å²) in [5.74, 6) is -1.57. The van der Waals surface area contributed by atoms with Crippen LogP contribution < -0.4 is 0 Å². The molecule has 0 bridgehead atoms. The van der Waals surface area contributed by atoms with Crippen LogP contribution in [0.1, 0.15) is 38.3 Å². The lowest BCUT2D eigenvalue weighted by Crippen LogP contribution is -2.15. The van der Waals surface area contributed by atoms with Crippen molar-refractivity contribution in [1.82, 2.24) is 5.06 Å². The number of ketones is 2. The van der Waals surface area contributed by atoms with Gasteiger partial charge in [0.25, 0.3) is 0 Å². The van der Waals surface area contributed by atoms with E-state index >= 15 is 0 Å². The highest BCUT2D eigenvalue weighted by Crippen LogP contribution is 2.20. The molecule has 0 radical (unpaired) electrons. The molecule has 0 amide bonds. The average Bonchev–Trinajstić information content (AvgIpc) is 2.59. The Bertz CT molecular complexity index is 640. The SMILES string of the molecule is CC(=O)C[C@@H](C)/C(F)=C/[C@@H](C)C(=O)Cc1ccc(COCON(C)C)cc1. The van der Waals surface area contributed by atoms with Crippen LogP contribution in [0.2, 0.25) is 0 Å². The number of nitrogens with zero attached hydrogens (tertiary/aromatic N) is 1. The van der Waals surface area contributed by atoms with Crippen LogP contribution in [0.5, 0.6) is 0 Å². The summed E-state index contributed by atoms with van der Waals surface area (Å²) in [6, 6.07) is 7.53. The lowest BCUT2D eigenvalue weighted by atomic mass is 9.95. The van der Waals surface area contributed by atoms with E-state index in [1.165, 1.54) is 13.0 Å². The Hall–Kier alpha value is -1.89. The standard InChI is InChI=1S/C21H30FNO4/c1-15(10-17(3)24)20(22)11-16(2)21(25)12-18-6-8-19(9-7-18)13-26-14-27-23(4)5/h6-9,11,15-16H,10,12-14H2,1-5H3/b20-11-/t15-,16-/m1/s1. The van der Waals surface area contributed by atoms with E-state index in [9.17, 15) is 14.0 Å². The number of rotatable bonds is 12. The third-order valence-electron chi connectivity index (χ3n) is 4.05. The minimum Gasteiger partial charge on any atom is -0.349 e. The molecule has 0 N–H and O–H groups in total. The molecular weight excluding hydrogens is 349 g/mol. The summed E-state index contributed by atoms with van der Waals surface area (Å²) in [5.41, 5.74) is 1.84. The predicted octanol–water partition coefficient (Wildman–Crippen LogP) is 3.87. The van der Waals surface area contributed by atoms with Crippen LogP contribution in [0.4, 0.5) is 4.39 Å². The molecule has 1 aromatic rings. The summed E-state index contributed by atoms with van der Waals surface area (Å²) in [6.07, 6.45) is 1.70. The Morgan fingerprint density at radius 2 is 1.74 bits per heavy atom. The number of ether oxygens (including phenoxy) is 1. The van der Waals surface area contributed by atoms with E-state index in [0.29, 0.717) is 6.61 Å². The average molecular weight is 379 g/mol. The molecule has 150 valence electrons. The van der Waals surface area contributed by atoms with Gasteiger partial charge in [-0.1, -0.05) is 38.1 Å². The molecule has 0 saturated heterocycles. The van der Waals surface area contributed by atoms with Crippen LogP contribution in [0.3, 0.4) is 0 Å². The number of carbonyl (C=O) groups excluding carboxylic acids is 2. The minimum absolute atomic E-state index is 0.0662. The van der Waals surface area contributed by atoms with Crippen LogP contribution in [-0.2, 0) is 32.2 Å². The van der Waals surface area contributed by atoms with E-state index in [2.05, 4.69) is 0 Å². The molecule has 0 aromatic heterocycles. The molecule has 0 saturated carbocycles. The van der Waals surface area contributed by atoms with Crippen molar-refractivity contribution in [3.05, 3.63) is 47.3 Å². The van der Waals surface area contributed by atoms with Gasteiger partial charge in [0.05, 0.1) is 12.4 Å². The Balaban J connectivity index is 2.52. The molecule has 27 heavy (non-hydrogen) atoms. The topological polar surface area (TPSA) is 55.8 Å². The van der Waals surface area contributed by atoms with Crippen LogP contribution >= 0.6 is 0 Å². The molecule has 2 atom stereocenters. The zero-order valence-electron chi connectivity index (χ0n) is 16.8. The summed E-state index contributed by atoms with van der Waals surface area (Å²) < 4.78 is 19.5. The molecule has 5 nitrogen and oxygen atoms in total. The van der Waals surface area contributed by atoms with Gasteiger partial charge in [0, 0.05) is 38.8 Å². The van der Waals surface area contributed by atoms with Crippen molar-refractivity contribution < 1.29 is 23.6 Å². The maximum Gasteiger partial charge on any atom is 0.167 e. The van der Waals surface area contributed by atoms with Crippen molar-refractivity contribution in [1.29, 1.82) is 0 Å². The number of benzene rings is 1. The minimum atomic E-state index is -0.536. The van der Waals surface area contributed by atoms with Crippen LogP contribution in [0.15, 0.2) is 36.2 Å². The Kier molecular flexibility index (Phi) is 10.1. The van der Waals surface area contributed by atoms with Gasteiger partial charge in [-0.05, 0) is 24.1 Å². The summed E-state index contributed by atoms with van der Waals surface area (Å²) in [7, 11) is 3.56. The molecule has 0 aliphatic rings. The van der Waals surface area contributed by atoms with Crippen LogP contribution in [0.25, 0.3) is 0 Å². The molecule has 0 spiro atoms. The Morgan fingerprint density at radius 3 is 2.30 bits per heavy atom. The smallest absolute Gasteiger partial charge is 0.167 e. The first-order valence-corrected chi connectivity index (χ1v) is 9.04. The molecule has 6 heteroatoms. The Labute approximate surface area is 161 Å². The third-order valence-corrected chi connectivity index (χ3v) is 4.05. The highest BCUT2D eigenvalue weighted by atomic mass is 19.1. The number of hydroxylamine groups is 2. The monoisotopic (exact) mass is 379 g/mol. The number of halogens is 1. The summed E-state index contributed by atoms with van der Waals surface area (Å²) in [5, 5.41) is 1.56. The molecule has 1 rings (SSSR count). The van der Waals surface area contributed by atoms with Gasteiger partial charge in [0.1, 0.15) is 11.6 Å².